The second kappa shape index (κ2) is 8.12. The van der Waals surface area contributed by atoms with E-state index in [1.54, 1.807) is 24.3 Å². The highest BCUT2D eigenvalue weighted by atomic mass is 16.4. The molecule has 28 heavy (non-hydrogen) atoms. The van der Waals surface area contributed by atoms with Gasteiger partial charge in [0.1, 0.15) is 11.3 Å². The number of urea groups is 1. The second-order valence-electron chi connectivity index (χ2n) is 6.29. The lowest BCUT2D eigenvalue weighted by molar-refractivity contribution is -0.122. The summed E-state index contributed by atoms with van der Waals surface area (Å²) in [7, 11) is 0. The van der Waals surface area contributed by atoms with Gasteiger partial charge >= 0.3 is 6.03 Å². The van der Waals surface area contributed by atoms with E-state index in [0.717, 1.165) is 23.6 Å². The van der Waals surface area contributed by atoms with Gasteiger partial charge in [0.15, 0.2) is 5.88 Å². The number of para-hydroxylation sites is 1. The summed E-state index contributed by atoms with van der Waals surface area (Å²) in [5, 5.41) is 2.24. The molecule has 2 aromatic rings. The summed E-state index contributed by atoms with van der Waals surface area (Å²) in [6.45, 7) is 7.50. The molecule has 0 radical (unpaired) electrons. The average Bonchev–Trinajstić information content (AvgIpc) is 3.15. The van der Waals surface area contributed by atoms with Crippen molar-refractivity contribution < 1.29 is 18.8 Å². The summed E-state index contributed by atoms with van der Waals surface area (Å²) >= 11 is 0. The molecule has 1 aromatic carbocycles. The van der Waals surface area contributed by atoms with Gasteiger partial charge in [-0.25, -0.2) is 9.69 Å². The first-order chi connectivity index (χ1) is 13.5. The summed E-state index contributed by atoms with van der Waals surface area (Å²) in [6, 6.07) is 9.86. The first kappa shape index (κ1) is 19.4. The summed E-state index contributed by atoms with van der Waals surface area (Å²) in [4.78, 5) is 40.7. The highest BCUT2D eigenvalue weighted by Crippen LogP contribution is 2.27. The van der Waals surface area contributed by atoms with Crippen LogP contribution < -0.4 is 15.1 Å². The third-order valence-corrected chi connectivity index (χ3v) is 4.69. The second-order valence-corrected chi connectivity index (χ2v) is 6.29. The molecule has 0 atom stereocenters. The van der Waals surface area contributed by atoms with Gasteiger partial charge in [0.25, 0.3) is 11.8 Å². The Labute approximate surface area is 163 Å². The number of hydrogen-bond donors (Lipinski definition) is 1. The van der Waals surface area contributed by atoms with Crippen molar-refractivity contribution in [1.29, 1.82) is 0 Å². The molecule has 0 bridgehead atoms. The molecule has 0 unspecified atom stereocenters. The minimum Gasteiger partial charge on any atom is -0.441 e. The van der Waals surface area contributed by atoms with Crippen LogP contribution in [0.25, 0.3) is 6.08 Å². The molecule has 7 nitrogen and oxygen atoms in total. The number of aryl methyl sites for hydroxylation is 1. The van der Waals surface area contributed by atoms with Crippen molar-refractivity contribution in [2.45, 2.75) is 27.2 Å². The Bertz CT molecular complexity index is 941. The maximum Gasteiger partial charge on any atom is 0.335 e. The van der Waals surface area contributed by atoms with Crippen molar-refractivity contribution in [1.82, 2.24) is 5.32 Å². The van der Waals surface area contributed by atoms with Crippen LogP contribution in [-0.4, -0.2) is 30.9 Å². The Hall–Kier alpha value is -3.35. The Morgan fingerprint density at radius 1 is 1.04 bits per heavy atom. The molecule has 0 saturated carbocycles. The molecule has 7 heteroatoms. The fraction of sp³-hybridized carbons (Fsp3) is 0.286. The molecule has 1 aromatic heterocycles. The van der Waals surface area contributed by atoms with Crippen LogP contribution in [-0.2, 0) is 16.0 Å². The third kappa shape index (κ3) is 3.55. The SMILES string of the molecule is CCc1ccccc1N1C(=O)NC(=O)/C(=C/c2ccc(N(CC)CC)o2)C1=O. The zero-order chi connectivity index (χ0) is 20.3. The Kier molecular flexibility index (Phi) is 5.63. The molecule has 1 saturated heterocycles. The summed E-state index contributed by atoms with van der Waals surface area (Å²) < 4.78 is 5.75. The highest BCUT2D eigenvalue weighted by molar-refractivity contribution is 6.39. The maximum absolute atomic E-state index is 13.0. The van der Waals surface area contributed by atoms with E-state index in [1.165, 1.54) is 6.08 Å². The number of carbonyl (C=O) groups is 3. The quantitative estimate of drug-likeness (QED) is 0.613. The van der Waals surface area contributed by atoms with E-state index in [2.05, 4.69) is 5.32 Å². The third-order valence-electron chi connectivity index (χ3n) is 4.69. The van der Waals surface area contributed by atoms with E-state index in [4.69, 9.17) is 4.42 Å². The fourth-order valence-corrected chi connectivity index (χ4v) is 3.17. The van der Waals surface area contributed by atoms with Gasteiger partial charge in [-0.15, -0.1) is 0 Å². The van der Waals surface area contributed by atoms with Crippen LogP contribution in [0, 0.1) is 0 Å². The lowest BCUT2D eigenvalue weighted by Crippen LogP contribution is -2.54. The maximum atomic E-state index is 13.0. The molecule has 1 N–H and O–H groups in total. The summed E-state index contributed by atoms with van der Waals surface area (Å²) in [5.74, 6) is -0.375. The van der Waals surface area contributed by atoms with Crippen LogP contribution in [0.5, 0.6) is 0 Å². The Morgan fingerprint density at radius 3 is 2.43 bits per heavy atom. The van der Waals surface area contributed by atoms with Crippen molar-refractivity contribution in [3.05, 3.63) is 53.3 Å². The number of imide groups is 2. The number of hydrogen-bond acceptors (Lipinski definition) is 5. The first-order valence-corrected chi connectivity index (χ1v) is 9.34. The zero-order valence-electron chi connectivity index (χ0n) is 16.2. The molecule has 1 fully saturated rings. The number of nitrogens with zero attached hydrogens (tertiary/aromatic N) is 2. The number of furan rings is 1. The molecule has 2 heterocycles. The first-order valence-electron chi connectivity index (χ1n) is 9.34. The van der Waals surface area contributed by atoms with Gasteiger partial charge in [0.2, 0.25) is 0 Å². The van der Waals surface area contributed by atoms with Gasteiger partial charge in [-0.2, -0.15) is 0 Å². The van der Waals surface area contributed by atoms with Crippen molar-refractivity contribution in [3.63, 3.8) is 0 Å². The molecule has 3 rings (SSSR count). The number of rotatable bonds is 6. The lowest BCUT2D eigenvalue weighted by atomic mass is 10.1. The van der Waals surface area contributed by atoms with Crippen LogP contribution in [0.1, 0.15) is 32.1 Å². The number of barbiturate groups is 1. The normalized spacial score (nSPS) is 15.9. The van der Waals surface area contributed by atoms with E-state index in [0.29, 0.717) is 23.8 Å². The number of anilines is 2. The van der Waals surface area contributed by atoms with E-state index in [9.17, 15) is 14.4 Å². The van der Waals surface area contributed by atoms with E-state index >= 15 is 0 Å². The van der Waals surface area contributed by atoms with Crippen molar-refractivity contribution in [3.8, 4) is 0 Å². The molecule has 0 aliphatic carbocycles. The number of carbonyl (C=O) groups excluding carboxylic acids is 3. The summed E-state index contributed by atoms with van der Waals surface area (Å²) in [5.41, 5.74) is 1.15. The van der Waals surface area contributed by atoms with E-state index in [1.807, 2.05) is 37.8 Å². The number of amides is 4. The Morgan fingerprint density at radius 2 is 1.75 bits per heavy atom. The summed E-state index contributed by atoms with van der Waals surface area (Å²) in [6.07, 6.45) is 2.02. The number of nitrogens with one attached hydrogen (secondary N) is 1. The van der Waals surface area contributed by atoms with Crippen molar-refractivity contribution in [2.24, 2.45) is 0 Å². The van der Waals surface area contributed by atoms with Crippen molar-refractivity contribution >= 4 is 35.5 Å². The van der Waals surface area contributed by atoms with Gasteiger partial charge in [-0.05, 0) is 44.0 Å². The van der Waals surface area contributed by atoms with Gasteiger partial charge in [-0.1, -0.05) is 25.1 Å². The van der Waals surface area contributed by atoms with E-state index in [-0.39, 0.29) is 5.57 Å². The minimum absolute atomic E-state index is 0.147. The molecule has 146 valence electrons. The monoisotopic (exact) mass is 381 g/mol. The molecule has 0 spiro atoms. The van der Waals surface area contributed by atoms with Gasteiger partial charge in [0, 0.05) is 19.2 Å². The van der Waals surface area contributed by atoms with Crippen molar-refractivity contribution in [2.75, 3.05) is 22.9 Å². The van der Waals surface area contributed by atoms with Gasteiger partial charge in [0.05, 0.1) is 5.69 Å². The largest absolute Gasteiger partial charge is 0.441 e. The van der Waals surface area contributed by atoms with Crippen LogP contribution in [0.15, 0.2) is 46.4 Å². The van der Waals surface area contributed by atoms with Gasteiger partial charge < -0.3 is 9.32 Å². The molecular formula is C21H23N3O4. The highest BCUT2D eigenvalue weighted by Gasteiger charge is 2.37. The van der Waals surface area contributed by atoms with Crippen LogP contribution in [0.3, 0.4) is 0 Å². The van der Waals surface area contributed by atoms with Crippen LogP contribution in [0.2, 0.25) is 0 Å². The van der Waals surface area contributed by atoms with Gasteiger partial charge in [-0.3, -0.25) is 14.9 Å². The van der Waals surface area contributed by atoms with E-state index < -0.39 is 17.8 Å². The average molecular weight is 381 g/mol. The standard InChI is InChI=1S/C21H23N3O4/c1-4-14-9-7-8-10-17(14)24-20(26)16(19(25)22-21(24)27)13-15-11-12-18(28-15)23(5-2)6-3/h7-13H,4-6H2,1-3H3,(H,22,25,27)/b16-13-. The predicted molar refractivity (Wildman–Crippen MR) is 107 cm³/mol. The lowest BCUT2D eigenvalue weighted by Gasteiger charge is -2.27. The molecule has 1 aliphatic rings. The Balaban J connectivity index is 1.97. The van der Waals surface area contributed by atoms with Crippen LogP contribution >= 0.6 is 0 Å². The predicted octanol–water partition coefficient (Wildman–Crippen LogP) is 3.35. The fourth-order valence-electron chi connectivity index (χ4n) is 3.17. The smallest absolute Gasteiger partial charge is 0.335 e. The zero-order valence-corrected chi connectivity index (χ0v) is 16.2. The molecule has 4 amide bonds. The van der Waals surface area contributed by atoms with Crippen LogP contribution in [0.4, 0.5) is 16.4 Å². The number of benzene rings is 1. The molecule has 1 aliphatic heterocycles. The molecular weight excluding hydrogens is 358 g/mol. The topological polar surface area (TPSA) is 82.9 Å². The minimum atomic E-state index is -0.753.